The van der Waals surface area contributed by atoms with Gasteiger partial charge in [0.05, 0.1) is 0 Å². The summed E-state index contributed by atoms with van der Waals surface area (Å²) < 4.78 is 1.15. The van der Waals surface area contributed by atoms with Crippen LogP contribution in [-0.2, 0) is 6.54 Å². The van der Waals surface area contributed by atoms with Crippen molar-refractivity contribution in [3.8, 4) is 0 Å². The molecule has 1 aromatic heterocycles. The fourth-order valence-corrected chi connectivity index (χ4v) is 3.04. The first-order valence-electron chi connectivity index (χ1n) is 5.50. The van der Waals surface area contributed by atoms with Gasteiger partial charge in [-0.15, -0.1) is 11.3 Å². The number of hydrogen-bond donors (Lipinski definition) is 2. The van der Waals surface area contributed by atoms with Crippen LogP contribution in [0.25, 0.3) is 0 Å². The largest absolute Gasteiger partial charge is 0.323 e. The molecule has 2 rings (SSSR count). The second-order valence-electron chi connectivity index (χ2n) is 3.88. The fraction of sp³-hybridized carbons (Fsp3) is 0.231. The van der Waals surface area contributed by atoms with Crippen LogP contribution < -0.4 is 11.1 Å². The van der Waals surface area contributed by atoms with E-state index >= 15 is 0 Å². The van der Waals surface area contributed by atoms with E-state index in [1.54, 1.807) is 11.3 Å². The molecule has 1 heterocycles. The first-order chi connectivity index (χ1) is 8.25. The molecule has 0 saturated heterocycles. The van der Waals surface area contributed by atoms with Crippen molar-refractivity contribution in [3.63, 3.8) is 0 Å². The van der Waals surface area contributed by atoms with Gasteiger partial charge in [0.25, 0.3) is 0 Å². The van der Waals surface area contributed by atoms with Crippen LogP contribution >= 0.6 is 27.3 Å². The van der Waals surface area contributed by atoms with E-state index in [2.05, 4.69) is 44.8 Å². The highest BCUT2D eigenvalue weighted by molar-refractivity contribution is 9.10. The molecule has 0 aliphatic heterocycles. The van der Waals surface area contributed by atoms with Crippen molar-refractivity contribution in [1.29, 1.82) is 0 Å². The molecule has 17 heavy (non-hydrogen) atoms. The zero-order valence-electron chi connectivity index (χ0n) is 9.40. The molecule has 2 nitrogen and oxygen atoms in total. The molecule has 0 spiro atoms. The van der Waals surface area contributed by atoms with E-state index in [9.17, 15) is 0 Å². The van der Waals surface area contributed by atoms with Crippen molar-refractivity contribution in [2.24, 2.45) is 5.73 Å². The van der Waals surface area contributed by atoms with Gasteiger partial charge in [0.1, 0.15) is 0 Å². The highest BCUT2D eigenvalue weighted by Gasteiger charge is 2.04. The van der Waals surface area contributed by atoms with E-state index in [4.69, 9.17) is 5.73 Å². The van der Waals surface area contributed by atoms with Crippen LogP contribution in [0.1, 0.15) is 16.5 Å². The smallest absolute Gasteiger partial charge is 0.0421 e. The summed E-state index contributed by atoms with van der Waals surface area (Å²) in [6, 6.07) is 12.4. The van der Waals surface area contributed by atoms with Gasteiger partial charge in [0.2, 0.25) is 0 Å². The zero-order valence-corrected chi connectivity index (χ0v) is 11.8. The fourth-order valence-electron chi connectivity index (χ4n) is 1.62. The Bertz CT molecular complexity index is 455. The number of thiophene rings is 1. The van der Waals surface area contributed by atoms with Gasteiger partial charge in [-0.2, -0.15) is 0 Å². The molecule has 0 bridgehead atoms. The van der Waals surface area contributed by atoms with Crippen molar-refractivity contribution in [2.75, 3.05) is 6.54 Å². The van der Waals surface area contributed by atoms with Gasteiger partial charge in [0.15, 0.2) is 0 Å². The summed E-state index contributed by atoms with van der Waals surface area (Å²) in [4.78, 5) is 1.32. The highest BCUT2D eigenvalue weighted by atomic mass is 79.9. The number of hydrogen-bond acceptors (Lipinski definition) is 3. The maximum atomic E-state index is 6.10. The monoisotopic (exact) mass is 310 g/mol. The van der Waals surface area contributed by atoms with Crippen LogP contribution in [-0.4, -0.2) is 6.54 Å². The summed E-state index contributed by atoms with van der Waals surface area (Å²) in [5.74, 6) is 0. The molecular weight excluding hydrogens is 296 g/mol. The average Bonchev–Trinajstić information content (AvgIpc) is 2.76. The number of nitrogens with two attached hydrogens (primary N) is 1. The molecule has 0 amide bonds. The van der Waals surface area contributed by atoms with Crippen molar-refractivity contribution >= 4 is 27.3 Å². The number of nitrogens with one attached hydrogen (secondary N) is 1. The Morgan fingerprint density at radius 1 is 1.29 bits per heavy atom. The Balaban J connectivity index is 1.79. The minimum absolute atomic E-state index is 0.0552. The summed E-state index contributed by atoms with van der Waals surface area (Å²) in [6.07, 6.45) is 0. The Morgan fingerprint density at radius 3 is 2.71 bits per heavy atom. The molecule has 4 heteroatoms. The zero-order chi connectivity index (χ0) is 12.1. The molecule has 1 unspecified atom stereocenters. The SMILES string of the molecule is NC(CNCc1cc(Br)cs1)c1ccccc1. The summed E-state index contributed by atoms with van der Waals surface area (Å²) in [6.45, 7) is 1.66. The molecule has 1 atom stereocenters. The molecule has 0 radical (unpaired) electrons. The summed E-state index contributed by atoms with van der Waals surface area (Å²) in [7, 11) is 0. The van der Waals surface area contributed by atoms with Gasteiger partial charge in [0, 0.05) is 33.9 Å². The number of halogens is 1. The van der Waals surface area contributed by atoms with Gasteiger partial charge in [-0.05, 0) is 27.6 Å². The van der Waals surface area contributed by atoms with Crippen LogP contribution in [0.4, 0.5) is 0 Å². The van der Waals surface area contributed by atoms with Gasteiger partial charge in [-0.25, -0.2) is 0 Å². The minimum Gasteiger partial charge on any atom is -0.323 e. The Morgan fingerprint density at radius 2 is 2.06 bits per heavy atom. The first-order valence-corrected chi connectivity index (χ1v) is 7.17. The molecule has 2 aromatic rings. The Hall–Kier alpha value is -0.680. The topological polar surface area (TPSA) is 38.0 Å². The summed E-state index contributed by atoms with van der Waals surface area (Å²) in [5, 5.41) is 5.47. The van der Waals surface area contributed by atoms with E-state index in [1.807, 2.05) is 18.2 Å². The van der Waals surface area contributed by atoms with Crippen LogP contribution in [0, 0.1) is 0 Å². The molecule has 3 N–H and O–H groups in total. The van der Waals surface area contributed by atoms with E-state index < -0.39 is 0 Å². The molecule has 0 aliphatic rings. The lowest BCUT2D eigenvalue weighted by molar-refractivity contribution is 0.601. The van der Waals surface area contributed by atoms with Gasteiger partial charge in [-0.1, -0.05) is 30.3 Å². The van der Waals surface area contributed by atoms with Gasteiger partial charge >= 0.3 is 0 Å². The number of rotatable bonds is 5. The maximum absolute atomic E-state index is 6.10. The predicted octanol–water partition coefficient (Wildman–Crippen LogP) is 3.30. The quantitative estimate of drug-likeness (QED) is 0.889. The van der Waals surface area contributed by atoms with E-state index in [-0.39, 0.29) is 6.04 Å². The first kappa shape index (κ1) is 12.8. The van der Waals surface area contributed by atoms with Crippen molar-refractivity contribution in [3.05, 3.63) is 56.7 Å². The molecule has 1 aromatic carbocycles. The van der Waals surface area contributed by atoms with Crippen molar-refractivity contribution < 1.29 is 0 Å². The molecule has 0 fully saturated rings. The summed E-state index contributed by atoms with van der Waals surface area (Å²) >= 11 is 5.19. The average molecular weight is 311 g/mol. The molecule has 90 valence electrons. The second-order valence-corrected chi connectivity index (χ2v) is 5.79. The normalized spacial score (nSPS) is 12.6. The van der Waals surface area contributed by atoms with Crippen LogP contribution in [0.5, 0.6) is 0 Å². The molecule has 0 saturated carbocycles. The Labute approximate surface area is 114 Å². The lowest BCUT2D eigenvalue weighted by Crippen LogP contribution is -2.26. The van der Waals surface area contributed by atoms with Crippen LogP contribution in [0.15, 0.2) is 46.3 Å². The lowest BCUT2D eigenvalue weighted by atomic mass is 10.1. The number of benzene rings is 1. The predicted molar refractivity (Wildman–Crippen MR) is 77.1 cm³/mol. The highest BCUT2D eigenvalue weighted by Crippen LogP contribution is 2.19. The third-order valence-corrected chi connectivity index (χ3v) is 4.21. The van der Waals surface area contributed by atoms with E-state index in [1.165, 1.54) is 10.4 Å². The Kier molecular flexibility index (Phi) is 4.74. The minimum atomic E-state index is 0.0552. The summed E-state index contributed by atoms with van der Waals surface area (Å²) in [5.41, 5.74) is 7.27. The standard InChI is InChI=1S/C13H15BrN2S/c14-11-6-12(17-9-11)7-16-8-13(15)10-4-2-1-3-5-10/h1-6,9,13,16H,7-8,15H2. The van der Waals surface area contributed by atoms with Crippen LogP contribution in [0.3, 0.4) is 0 Å². The van der Waals surface area contributed by atoms with Gasteiger partial charge < -0.3 is 11.1 Å². The lowest BCUT2D eigenvalue weighted by Gasteiger charge is -2.12. The second kappa shape index (κ2) is 6.31. The van der Waals surface area contributed by atoms with Crippen LogP contribution in [0.2, 0.25) is 0 Å². The van der Waals surface area contributed by atoms with Crippen molar-refractivity contribution in [1.82, 2.24) is 5.32 Å². The molecule has 0 aliphatic carbocycles. The maximum Gasteiger partial charge on any atom is 0.0421 e. The van der Waals surface area contributed by atoms with E-state index in [0.717, 1.165) is 17.6 Å². The van der Waals surface area contributed by atoms with Crippen molar-refractivity contribution in [2.45, 2.75) is 12.6 Å². The van der Waals surface area contributed by atoms with Gasteiger partial charge in [-0.3, -0.25) is 0 Å². The third kappa shape index (κ3) is 3.92. The third-order valence-electron chi connectivity index (χ3n) is 2.51. The molecular formula is C13H15BrN2S. The van der Waals surface area contributed by atoms with E-state index in [0.29, 0.717) is 0 Å².